The molecule has 0 aromatic rings. The maximum atomic E-state index is 12.3. The van der Waals surface area contributed by atoms with E-state index < -0.39 is 44.9 Å². The molecule has 0 aliphatic rings. The molecule has 0 fully saturated rings. The number of rotatable bonds is 8. The van der Waals surface area contributed by atoms with E-state index in [1.807, 2.05) is 0 Å². The predicted molar refractivity (Wildman–Crippen MR) is 47.3 cm³/mol. The molecule has 3 nitrogen and oxygen atoms in total. The van der Waals surface area contributed by atoms with Gasteiger partial charge in [0.15, 0.2) is 0 Å². The summed E-state index contributed by atoms with van der Waals surface area (Å²) in [5.41, 5.74) is 0. The fourth-order valence-electron chi connectivity index (χ4n) is 0.490. The summed E-state index contributed by atoms with van der Waals surface area (Å²) in [5.74, 6) is -9.50. The number of alkyl halides is 8. The molecule has 116 valence electrons. The van der Waals surface area contributed by atoms with Gasteiger partial charge in [-0.05, 0) is 0 Å². The third kappa shape index (κ3) is 6.73. The van der Waals surface area contributed by atoms with E-state index in [-0.39, 0.29) is 0 Å². The summed E-state index contributed by atoms with van der Waals surface area (Å²) in [5, 5.41) is 0. The molecule has 0 aliphatic heterocycles. The van der Waals surface area contributed by atoms with Crippen molar-refractivity contribution in [2.45, 2.75) is 24.7 Å². The van der Waals surface area contributed by atoms with Crippen LogP contribution in [0, 0.1) is 0 Å². The summed E-state index contributed by atoms with van der Waals surface area (Å²) in [6.45, 7) is -9.50. The van der Waals surface area contributed by atoms with Gasteiger partial charge in [0.25, 0.3) is 0 Å². The molecule has 19 heavy (non-hydrogen) atoms. The summed E-state index contributed by atoms with van der Waals surface area (Å²) >= 11 is 4.71. The zero-order valence-electron chi connectivity index (χ0n) is 8.64. The van der Waals surface area contributed by atoms with Crippen molar-refractivity contribution in [2.75, 3.05) is 13.2 Å². The van der Waals surface area contributed by atoms with Crippen LogP contribution in [0.2, 0.25) is 0 Å². The van der Waals surface area contributed by atoms with Gasteiger partial charge >= 0.3 is 31.6 Å². The van der Waals surface area contributed by atoms with Crippen molar-refractivity contribution >= 4 is 18.2 Å². The topological polar surface area (TPSA) is 35.5 Å². The van der Waals surface area contributed by atoms with Gasteiger partial charge in [-0.25, -0.2) is 22.1 Å². The van der Waals surface area contributed by atoms with E-state index in [0.717, 1.165) is 0 Å². The quantitative estimate of drug-likeness (QED) is 0.490. The molecule has 0 aromatic carbocycles. The molecule has 0 unspecified atom stereocenters. The molecule has 13 heteroatoms. The minimum atomic E-state index is -5.12. The molecule has 0 aromatic heterocycles. The normalized spacial score (nSPS) is 14.5. The fraction of sp³-hybridized carbons (Fsp3) is 1.00. The lowest BCUT2D eigenvalue weighted by atomic mass is 10.4. The second-order valence-corrected chi connectivity index (χ2v) is 5.72. The van der Waals surface area contributed by atoms with Crippen molar-refractivity contribution in [3.05, 3.63) is 0 Å². The second-order valence-electron chi connectivity index (χ2n) is 3.10. The Bertz CT molecular complexity index is 310. The van der Waals surface area contributed by atoms with Crippen molar-refractivity contribution in [1.82, 2.24) is 0 Å². The standard InChI is InChI=1S/C6H6ClF8O3P/c7-19(16,17-1-5(12,13)3(8)9)18-2-6(14,15)4(10)11/h3-4H,1-2H2. The minimum absolute atomic E-state index is 2.19. The van der Waals surface area contributed by atoms with Gasteiger partial charge in [-0.2, -0.15) is 17.6 Å². The number of hydrogen-bond donors (Lipinski definition) is 0. The van der Waals surface area contributed by atoms with Gasteiger partial charge in [-0.3, -0.25) is 9.05 Å². The lowest BCUT2D eigenvalue weighted by molar-refractivity contribution is -0.157. The molecular formula is C6H6ClF8O3P. The molecule has 0 bridgehead atoms. The van der Waals surface area contributed by atoms with Crippen LogP contribution < -0.4 is 0 Å². The molecule has 0 rings (SSSR count). The molecule has 0 heterocycles. The van der Waals surface area contributed by atoms with E-state index in [2.05, 4.69) is 9.05 Å². The van der Waals surface area contributed by atoms with Gasteiger partial charge in [-0.15, -0.1) is 0 Å². The zero-order valence-corrected chi connectivity index (χ0v) is 10.3. The van der Waals surface area contributed by atoms with Crippen molar-refractivity contribution in [2.24, 2.45) is 0 Å². The van der Waals surface area contributed by atoms with Crippen LogP contribution in [-0.4, -0.2) is 37.9 Å². The van der Waals surface area contributed by atoms with Crippen molar-refractivity contribution in [3.8, 4) is 0 Å². The summed E-state index contributed by atoms with van der Waals surface area (Å²) in [6.07, 6.45) is -8.38. The van der Waals surface area contributed by atoms with Gasteiger partial charge in [0.1, 0.15) is 13.2 Å². The summed E-state index contributed by atoms with van der Waals surface area (Å²) in [6, 6.07) is 0. The summed E-state index contributed by atoms with van der Waals surface area (Å²) < 4.78 is 114. The number of halogens is 9. The van der Waals surface area contributed by atoms with Gasteiger partial charge < -0.3 is 0 Å². The highest BCUT2D eigenvalue weighted by atomic mass is 35.7. The maximum Gasteiger partial charge on any atom is 0.424 e. The third-order valence-electron chi connectivity index (χ3n) is 1.46. The van der Waals surface area contributed by atoms with E-state index in [1.54, 1.807) is 0 Å². The largest absolute Gasteiger partial charge is 0.424 e. The molecule has 0 saturated carbocycles. The average molecular weight is 345 g/mol. The van der Waals surface area contributed by atoms with Crippen LogP contribution in [0.5, 0.6) is 0 Å². The van der Waals surface area contributed by atoms with Gasteiger partial charge in [-0.1, -0.05) is 0 Å². The van der Waals surface area contributed by atoms with Gasteiger partial charge in [0.05, 0.1) is 0 Å². The highest BCUT2D eigenvalue weighted by Gasteiger charge is 2.46. The fourth-order valence-corrected chi connectivity index (χ4v) is 1.51. The molecule has 0 amide bonds. The first kappa shape index (κ1) is 18.9. The Kier molecular flexibility index (Phi) is 6.51. The highest BCUT2D eigenvalue weighted by molar-refractivity contribution is 7.81. The monoisotopic (exact) mass is 344 g/mol. The molecular weight excluding hydrogens is 338 g/mol. The number of hydrogen-bond acceptors (Lipinski definition) is 3. The van der Waals surface area contributed by atoms with E-state index >= 15 is 0 Å². The van der Waals surface area contributed by atoms with Crippen molar-refractivity contribution in [3.63, 3.8) is 0 Å². The summed E-state index contributed by atoms with van der Waals surface area (Å²) in [7, 11) is 0. The predicted octanol–water partition coefficient (Wildman–Crippen LogP) is 4.17. The van der Waals surface area contributed by atoms with Gasteiger partial charge in [0, 0.05) is 11.2 Å². The average Bonchev–Trinajstić information content (AvgIpc) is 2.24. The van der Waals surface area contributed by atoms with Crippen LogP contribution in [0.1, 0.15) is 0 Å². The van der Waals surface area contributed by atoms with Crippen molar-refractivity contribution in [1.29, 1.82) is 0 Å². The maximum absolute atomic E-state index is 12.3. The van der Waals surface area contributed by atoms with E-state index in [0.29, 0.717) is 0 Å². The third-order valence-corrected chi connectivity index (χ3v) is 2.92. The SMILES string of the molecule is O=P(Cl)(OCC(F)(F)C(F)F)OCC(F)(F)C(F)F. The van der Waals surface area contributed by atoms with Gasteiger partial charge in [0.2, 0.25) is 0 Å². The van der Waals surface area contributed by atoms with Crippen molar-refractivity contribution < 1.29 is 48.7 Å². The lowest BCUT2D eigenvalue weighted by Crippen LogP contribution is -2.33. The molecule has 0 spiro atoms. The van der Waals surface area contributed by atoms with Crippen LogP contribution in [0.15, 0.2) is 0 Å². The van der Waals surface area contributed by atoms with E-state index in [4.69, 9.17) is 11.2 Å². The first-order valence-corrected chi connectivity index (χ1v) is 6.66. The Morgan fingerprint density at radius 2 is 1.16 bits per heavy atom. The Labute approximate surface area is 106 Å². The van der Waals surface area contributed by atoms with E-state index in [1.165, 1.54) is 0 Å². The zero-order chi connectivity index (χ0) is 15.5. The van der Waals surface area contributed by atoms with E-state index in [9.17, 15) is 39.7 Å². The minimum Gasteiger partial charge on any atom is -0.290 e. The molecule has 0 atom stereocenters. The first-order valence-electron chi connectivity index (χ1n) is 4.21. The van der Waals surface area contributed by atoms with Crippen LogP contribution in [0.25, 0.3) is 0 Å². The smallest absolute Gasteiger partial charge is 0.290 e. The Balaban J connectivity index is 4.39. The Morgan fingerprint density at radius 1 is 0.895 bits per heavy atom. The van der Waals surface area contributed by atoms with Crippen LogP contribution in [0.4, 0.5) is 35.1 Å². The Morgan fingerprint density at radius 3 is 1.37 bits per heavy atom. The second kappa shape index (κ2) is 6.55. The molecule has 0 aliphatic carbocycles. The van der Waals surface area contributed by atoms with Crippen LogP contribution >= 0.6 is 18.2 Å². The Hall–Kier alpha value is -0.120. The molecule has 0 saturated heterocycles. The van der Waals surface area contributed by atoms with Crippen LogP contribution in [-0.2, 0) is 13.6 Å². The lowest BCUT2D eigenvalue weighted by Gasteiger charge is -2.20. The molecule has 0 N–H and O–H groups in total. The molecule has 0 radical (unpaired) electrons. The summed E-state index contributed by atoms with van der Waals surface area (Å²) in [4.78, 5) is 0. The highest BCUT2D eigenvalue weighted by Crippen LogP contribution is 2.55. The first-order chi connectivity index (χ1) is 8.30. The van der Waals surface area contributed by atoms with Crippen LogP contribution in [0.3, 0.4) is 0 Å².